The van der Waals surface area contributed by atoms with Gasteiger partial charge in [-0.3, -0.25) is 44.0 Å². The summed E-state index contributed by atoms with van der Waals surface area (Å²) in [7, 11) is 0.515. The molecule has 3 aromatic carbocycles. The Balaban J connectivity index is 0.802. The average molecular weight is 969 g/mol. The van der Waals surface area contributed by atoms with Gasteiger partial charge in [-0.2, -0.15) is 4.98 Å². The number of piperidine rings is 2. The molecule has 0 aliphatic carbocycles. The Morgan fingerprint density at radius 1 is 0.877 bits per heavy atom. The number of anilines is 5. The minimum absolute atomic E-state index is 0.142. The van der Waals surface area contributed by atoms with Crippen LogP contribution in [0.15, 0.2) is 65.5 Å². The van der Waals surface area contributed by atoms with E-state index in [1.807, 2.05) is 12.1 Å². The van der Waals surface area contributed by atoms with E-state index >= 15 is 0 Å². The SMILES string of the molecule is COc1cc(N2CCC(N3CCN(Cc4ccc5c(c4)CN(C4CCC(=O)NC4=O)C5=O)CC3)CC2)c(C)cc1Nc1ncc(Br)c(Nc2ccc3nccnc3c2P(=O)(OC)OC)n1. The van der Waals surface area contributed by atoms with E-state index in [4.69, 9.17) is 18.8 Å². The summed E-state index contributed by atoms with van der Waals surface area (Å²) in [4.78, 5) is 64.6. The molecule has 340 valence electrons. The van der Waals surface area contributed by atoms with E-state index in [1.165, 1.54) is 20.4 Å². The molecule has 9 rings (SSSR count). The Morgan fingerprint density at radius 2 is 1.65 bits per heavy atom. The molecule has 6 heterocycles. The second-order valence-corrected chi connectivity index (χ2v) is 19.7. The molecule has 20 heteroatoms. The first kappa shape index (κ1) is 44.6. The number of carbonyl (C=O) groups excluding carboxylic acids is 3. The molecule has 4 aliphatic heterocycles. The van der Waals surface area contributed by atoms with E-state index in [2.05, 4.69) is 86.7 Å². The van der Waals surface area contributed by atoms with Crippen LogP contribution in [-0.2, 0) is 36.3 Å². The van der Waals surface area contributed by atoms with Crippen molar-refractivity contribution in [3.8, 4) is 5.75 Å². The van der Waals surface area contributed by atoms with Crippen molar-refractivity contribution in [3.05, 3.63) is 87.8 Å². The standard InChI is InChI=1S/C45H51BrN11O7P/c1-27-21-35(51-45-49-24-32(46)42(53-45)50-34-8-7-33-40(48-14-13-47-33)41(34)65(61,63-3)64-4)38(62-2)23-37(27)56-15-11-30(12-16-56)55-19-17-54(18-20-55)25-28-5-6-31-29(22-28)26-57(44(31)60)36-9-10-39(58)52-43(36)59/h5-8,13-14,21-24,30,36H,9-12,15-20,25-26H2,1-4H3,(H,52,58,59)(H2,49,50,51,53). The predicted molar refractivity (Wildman–Crippen MR) is 249 cm³/mol. The number of nitrogens with zero attached hydrogens (tertiary/aromatic N) is 8. The fraction of sp³-hybridized carbons (Fsp3) is 0.400. The largest absolute Gasteiger partial charge is 0.494 e. The summed E-state index contributed by atoms with van der Waals surface area (Å²) >= 11 is 3.56. The monoisotopic (exact) mass is 967 g/mol. The van der Waals surface area contributed by atoms with Crippen molar-refractivity contribution < 1.29 is 32.7 Å². The molecule has 3 fully saturated rings. The number of nitrogens with one attached hydrogen (secondary N) is 3. The Morgan fingerprint density at radius 3 is 2.38 bits per heavy atom. The van der Waals surface area contributed by atoms with Gasteiger partial charge in [-0.05, 0) is 83.1 Å². The van der Waals surface area contributed by atoms with Crippen LogP contribution in [0.3, 0.4) is 0 Å². The van der Waals surface area contributed by atoms with Gasteiger partial charge in [0.2, 0.25) is 17.8 Å². The fourth-order valence-electron chi connectivity index (χ4n) is 9.45. The highest BCUT2D eigenvalue weighted by atomic mass is 79.9. The number of aromatic nitrogens is 4. The quantitative estimate of drug-likeness (QED) is 0.0967. The number of amides is 3. The molecule has 3 saturated heterocycles. The molecule has 18 nitrogen and oxygen atoms in total. The maximum atomic E-state index is 13.8. The van der Waals surface area contributed by atoms with Gasteiger partial charge in [0.05, 0.1) is 28.5 Å². The number of aryl methyl sites for hydroxylation is 1. The summed E-state index contributed by atoms with van der Waals surface area (Å²) in [6, 6.07) is 13.6. The molecule has 0 radical (unpaired) electrons. The first-order valence-corrected chi connectivity index (χ1v) is 24.0. The molecule has 4 aliphatic rings. The number of hydrogen-bond donors (Lipinski definition) is 3. The number of rotatable bonds is 13. The lowest BCUT2D eigenvalue weighted by Crippen LogP contribution is -2.53. The van der Waals surface area contributed by atoms with Gasteiger partial charge in [0.1, 0.15) is 28.4 Å². The smallest absolute Gasteiger partial charge is 0.365 e. The van der Waals surface area contributed by atoms with Crippen LogP contribution in [0.4, 0.5) is 28.8 Å². The first-order valence-electron chi connectivity index (χ1n) is 21.6. The van der Waals surface area contributed by atoms with Crippen LogP contribution >= 0.6 is 23.5 Å². The normalized spacial score (nSPS) is 18.8. The summed E-state index contributed by atoms with van der Waals surface area (Å²) in [6.07, 6.45) is 7.43. The number of halogens is 1. The van der Waals surface area contributed by atoms with Gasteiger partial charge < -0.3 is 34.2 Å². The van der Waals surface area contributed by atoms with Crippen LogP contribution in [-0.4, -0.2) is 125 Å². The zero-order valence-electron chi connectivity index (χ0n) is 36.7. The van der Waals surface area contributed by atoms with E-state index in [1.54, 1.807) is 36.5 Å². The van der Waals surface area contributed by atoms with Crippen molar-refractivity contribution in [2.75, 3.05) is 76.1 Å². The van der Waals surface area contributed by atoms with E-state index in [0.717, 1.165) is 81.0 Å². The zero-order valence-corrected chi connectivity index (χ0v) is 39.2. The zero-order chi connectivity index (χ0) is 45.4. The Kier molecular flexibility index (Phi) is 12.9. The van der Waals surface area contributed by atoms with Crippen LogP contribution < -0.4 is 30.9 Å². The van der Waals surface area contributed by atoms with Crippen molar-refractivity contribution in [3.63, 3.8) is 0 Å². The van der Waals surface area contributed by atoms with E-state index < -0.39 is 13.6 Å². The summed E-state index contributed by atoms with van der Waals surface area (Å²) in [6.45, 7) is 9.08. The Bertz CT molecular complexity index is 2700. The molecular weight excluding hydrogens is 917 g/mol. The lowest BCUT2D eigenvalue weighted by molar-refractivity contribution is -0.136. The average Bonchev–Trinajstić information content (AvgIpc) is 3.64. The molecule has 3 N–H and O–H groups in total. The van der Waals surface area contributed by atoms with Crippen molar-refractivity contribution in [1.29, 1.82) is 0 Å². The maximum absolute atomic E-state index is 13.8. The molecule has 3 amide bonds. The fourth-order valence-corrected chi connectivity index (χ4v) is 11.1. The molecule has 0 saturated carbocycles. The molecule has 0 spiro atoms. The molecule has 1 unspecified atom stereocenters. The van der Waals surface area contributed by atoms with Crippen LogP contribution in [0.2, 0.25) is 0 Å². The number of hydrogen-bond acceptors (Lipinski definition) is 16. The van der Waals surface area contributed by atoms with E-state index in [-0.39, 0.29) is 29.4 Å². The van der Waals surface area contributed by atoms with Gasteiger partial charge in [0.25, 0.3) is 5.91 Å². The molecule has 65 heavy (non-hydrogen) atoms. The van der Waals surface area contributed by atoms with Crippen molar-refractivity contribution in [1.82, 2.24) is 40.0 Å². The first-order chi connectivity index (χ1) is 31.4. The minimum Gasteiger partial charge on any atom is -0.494 e. The number of piperazine rings is 1. The molecular formula is C45H51BrN11O7P. The van der Waals surface area contributed by atoms with Crippen molar-refractivity contribution in [2.45, 2.75) is 57.8 Å². The van der Waals surface area contributed by atoms with Crippen LogP contribution in [0, 0.1) is 6.92 Å². The van der Waals surface area contributed by atoms with Crippen molar-refractivity contribution >= 4 is 86.4 Å². The van der Waals surface area contributed by atoms with E-state index in [0.29, 0.717) is 69.0 Å². The van der Waals surface area contributed by atoms with Gasteiger partial charge in [0, 0.05) is 115 Å². The summed E-state index contributed by atoms with van der Waals surface area (Å²) in [5.41, 5.74) is 7.01. The van der Waals surface area contributed by atoms with Gasteiger partial charge in [-0.1, -0.05) is 12.1 Å². The summed E-state index contributed by atoms with van der Waals surface area (Å²) < 4.78 is 31.1. The highest BCUT2D eigenvalue weighted by Crippen LogP contribution is 2.49. The third-order valence-corrected chi connectivity index (χ3v) is 15.4. The highest BCUT2D eigenvalue weighted by molar-refractivity contribution is 9.10. The number of methoxy groups -OCH3 is 1. The Hall–Kier alpha value is -5.56. The number of ether oxygens (including phenoxy) is 1. The summed E-state index contributed by atoms with van der Waals surface area (Å²) in [5.74, 6) is 0.558. The second kappa shape index (κ2) is 18.7. The molecule has 5 aromatic rings. The third-order valence-electron chi connectivity index (χ3n) is 12.9. The lowest BCUT2D eigenvalue weighted by atomic mass is 10.00. The maximum Gasteiger partial charge on any atom is 0.365 e. The minimum atomic E-state index is -3.79. The molecule has 1 atom stereocenters. The molecule has 2 aromatic heterocycles. The van der Waals surface area contributed by atoms with Crippen LogP contribution in [0.5, 0.6) is 5.75 Å². The van der Waals surface area contributed by atoms with E-state index in [9.17, 15) is 18.9 Å². The van der Waals surface area contributed by atoms with Gasteiger partial charge in [-0.15, -0.1) is 0 Å². The molecule has 0 bridgehead atoms. The lowest BCUT2D eigenvalue weighted by Gasteiger charge is -2.43. The number of fused-ring (bicyclic) bond motifs is 2. The van der Waals surface area contributed by atoms with Crippen LogP contribution in [0.25, 0.3) is 11.0 Å². The number of imide groups is 1. The Labute approximate surface area is 385 Å². The summed E-state index contributed by atoms with van der Waals surface area (Å²) in [5, 5.41) is 9.23. The topological polar surface area (TPSA) is 197 Å². The van der Waals surface area contributed by atoms with Crippen molar-refractivity contribution in [2.24, 2.45) is 0 Å². The number of carbonyl (C=O) groups is 3. The predicted octanol–water partition coefficient (Wildman–Crippen LogP) is 5.65. The van der Waals surface area contributed by atoms with Crippen LogP contribution in [0.1, 0.15) is 52.7 Å². The number of benzene rings is 3. The third kappa shape index (κ3) is 9.05. The highest BCUT2D eigenvalue weighted by Gasteiger charge is 2.39. The van der Waals surface area contributed by atoms with Gasteiger partial charge >= 0.3 is 7.60 Å². The van der Waals surface area contributed by atoms with Gasteiger partial charge in [0.15, 0.2) is 0 Å². The second-order valence-electron chi connectivity index (χ2n) is 16.6. The van der Waals surface area contributed by atoms with Gasteiger partial charge in [-0.25, -0.2) is 4.98 Å².